The number of methoxy groups -OCH3 is 2. The summed E-state index contributed by atoms with van der Waals surface area (Å²) in [5, 5.41) is 3.85. The smallest absolute Gasteiger partial charge is 0.337 e. The van der Waals surface area contributed by atoms with Crippen molar-refractivity contribution in [1.82, 2.24) is 5.43 Å². The van der Waals surface area contributed by atoms with Crippen LogP contribution in [0.1, 0.15) is 15.9 Å². The van der Waals surface area contributed by atoms with Gasteiger partial charge in [-0.15, -0.1) is 0 Å². The Balaban J connectivity index is 1.85. The van der Waals surface area contributed by atoms with E-state index < -0.39 is 11.9 Å². The molecule has 0 spiro atoms. The van der Waals surface area contributed by atoms with Gasteiger partial charge < -0.3 is 14.2 Å². The lowest BCUT2D eigenvalue weighted by atomic mass is 10.1. The summed E-state index contributed by atoms with van der Waals surface area (Å²) in [5.41, 5.74) is 3.51. The molecule has 0 saturated carbocycles. The molecule has 8 heteroatoms. The number of carbonyl (C=O) groups excluding carboxylic acids is 2. The van der Waals surface area contributed by atoms with E-state index in [0.717, 1.165) is 4.47 Å². The highest BCUT2D eigenvalue weighted by atomic mass is 79.9. The van der Waals surface area contributed by atoms with Crippen LogP contribution in [0.2, 0.25) is 0 Å². The van der Waals surface area contributed by atoms with Gasteiger partial charge >= 0.3 is 5.97 Å². The number of hydrogen-bond acceptors (Lipinski definition) is 6. The molecular weight excluding hydrogens is 404 g/mol. The van der Waals surface area contributed by atoms with Crippen LogP contribution in [0.4, 0.5) is 0 Å². The first-order valence-corrected chi connectivity index (χ1v) is 8.29. The van der Waals surface area contributed by atoms with Crippen molar-refractivity contribution >= 4 is 34.0 Å². The molecule has 26 heavy (non-hydrogen) atoms. The van der Waals surface area contributed by atoms with Crippen molar-refractivity contribution in [3.63, 3.8) is 0 Å². The number of halogens is 1. The summed E-state index contributed by atoms with van der Waals surface area (Å²) in [7, 11) is 2.84. The van der Waals surface area contributed by atoms with Gasteiger partial charge in [0.1, 0.15) is 0 Å². The van der Waals surface area contributed by atoms with Gasteiger partial charge in [0.05, 0.1) is 26.0 Å². The monoisotopic (exact) mass is 420 g/mol. The second kappa shape index (κ2) is 9.57. The van der Waals surface area contributed by atoms with E-state index in [-0.39, 0.29) is 6.61 Å². The highest BCUT2D eigenvalue weighted by molar-refractivity contribution is 9.10. The highest BCUT2D eigenvalue weighted by Gasteiger charge is 2.08. The zero-order valence-corrected chi connectivity index (χ0v) is 15.8. The van der Waals surface area contributed by atoms with Crippen molar-refractivity contribution in [3.8, 4) is 11.5 Å². The minimum Gasteiger partial charge on any atom is -0.493 e. The van der Waals surface area contributed by atoms with E-state index in [2.05, 4.69) is 31.2 Å². The second-order valence-corrected chi connectivity index (χ2v) is 5.91. The van der Waals surface area contributed by atoms with E-state index in [1.54, 1.807) is 42.5 Å². The first kappa shape index (κ1) is 19.5. The molecule has 1 N–H and O–H groups in total. The van der Waals surface area contributed by atoms with Crippen molar-refractivity contribution in [2.75, 3.05) is 20.8 Å². The molecule has 2 aromatic rings. The molecule has 0 atom stereocenters. The number of rotatable bonds is 7. The molecule has 2 aromatic carbocycles. The zero-order valence-electron chi connectivity index (χ0n) is 14.2. The molecule has 7 nitrogen and oxygen atoms in total. The van der Waals surface area contributed by atoms with Gasteiger partial charge in [-0.3, -0.25) is 4.79 Å². The average molecular weight is 421 g/mol. The van der Waals surface area contributed by atoms with Gasteiger partial charge in [0.25, 0.3) is 5.91 Å². The predicted molar refractivity (Wildman–Crippen MR) is 99.7 cm³/mol. The van der Waals surface area contributed by atoms with Gasteiger partial charge in [0.2, 0.25) is 0 Å². The molecular formula is C18H17BrN2O5. The molecule has 0 aliphatic heterocycles. The molecule has 2 rings (SSSR count). The summed E-state index contributed by atoms with van der Waals surface area (Å²) in [6.45, 7) is -0.212. The molecule has 0 aromatic heterocycles. The normalized spacial score (nSPS) is 10.4. The number of benzene rings is 2. The number of hydrogen-bond donors (Lipinski definition) is 1. The summed E-state index contributed by atoms with van der Waals surface area (Å²) in [5.74, 6) is 0.134. The number of ether oxygens (including phenoxy) is 3. The minimum atomic E-state index is -0.419. The van der Waals surface area contributed by atoms with Crippen LogP contribution in [0.15, 0.2) is 52.0 Å². The third kappa shape index (κ3) is 5.59. The fourth-order valence-corrected chi connectivity index (χ4v) is 2.28. The quantitative estimate of drug-likeness (QED) is 0.422. The molecule has 0 aliphatic rings. The summed E-state index contributed by atoms with van der Waals surface area (Å²) in [6.07, 6.45) is 1.46. The molecule has 0 unspecified atom stereocenters. The SMILES string of the molecule is COC(=O)c1ccc(C=NNC(=O)COc2ccc(Br)cc2OC)cc1. The topological polar surface area (TPSA) is 86.2 Å². The Hall–Kier alpha value is -2.87. The van der Waals surface area contributed by atoms with Gasteiger partial charge in [0.15, 0.2) is 18.1 Å². The van der Waals surface area contributed by atoms with Crippen molar-refractivity contribution in [1.29, 1.82) is 0 Å². The van der Waals surface area contributed by atoms with Crippen LogP contribution in [-0.4, -0.2) is 38.9 Å². The predicted octanol–water partition coefficient (Wildman–Crippen LogP) is 2.77. The Kier molecular flexibility index (Phi) is 7.16. The fourth-order valence-electron chi connectivity index (χ4n) is 1.94. The van der Waals surface area contributed by atoms with E-state index in [0.29, 0.717) is 22.6 Å². The van der Waals surface area contributed by atoms with Crippen molar-refractivity contribution in [3.05, 3.63) is 58.1 Å². The van der Waals surface area contributed by atoms with Gasteiger partial charge in [-0.05, 0) is 35.9 Å². The number of nitrogens with zero attached hydrogens (tertiary/aromatic N) is 1. The highest BCUT2D eigenvalue weighted by Crippen LogP contribution is 2.29. The number of hydrazone groups is 1. The Bertz CT molecular complexity index is 806. The molecule has 0 radical (unpaired) electrons. The first-order chi connectivity index (χ1) is 12.5. The van der Waals surface area contributed by atoms with Crippen LogP contribution in [0.5, 0.6) is 11.5 Å². The first-order valence-electron chi connectivity index (χ1n) is 7.50. The van der Waals surface area contributed by atoms with Crippen LogP contribution < -0.4 is 14.9 Å². The number of esters is 1. The van der Waals surface area contributed by atoms with E-state index in [4.69, 9.17) is 9.47 Å². The van der Waals surface area contributed by atoms with Crippen molar-refractivity contribution in [2.24, 2.45) is 5.10 Å². The fraction of sp³-hybridized carbons (Fsp3) is 0.167. The lowest BCUT2D eigenvalue weighted by Gasteiger charge is -2.10. The van der Waals surface area contributed by atoms with Crippen molar-refractivity contribution < 1.29 is 23.8 Å². The number of carbonyl (C=O) groups is 2. The van der Waals surface area contributed by atoms with E-state index in [1.807, 2.05) is 0 Å². The van der Waals surface area contributed by atoms with Gasteiger partial charge in [-0.25, -0.2) is 10.2 Å². The average Bonchev–Trinajstić information content (AvgIpc) is 2.66. The molecule has 0 fully saturated rings. The summed E-state index contributed by atoms with van der Waals surface area (Å²) < 4.78 is 16.1. The Morgan fingerprint density at radius 3 is 2.50 bits per heavy atom. The van der Waals surface area contributed by atoms with E-state index in [9.17, 15) is 9.59 Å². The molecule has 136 valence electrons. The summed E-state index contributed by atoms with van der Waals surface area (Å²) >= 11 is 3.33. The number of nitrogens with one attached hydrogen (secondary N) is 1. The molecule has 1 amide bonds. The maximum Gasteiger partial charge on any atom is 0.337 e. The van der Waals surface area contributed by atoms with Gasteiger partial charge in [-0.2, -0.15) is 5.10 Å². The minimum absolute atomic E-state index is 0.212. The maximum absolute atomic E-state index is 11.8. The van der Waals surface area contributed by atoms with Crippen LogP contribution >= 0.6 is 15.9 Å². The maximum atomic E-state index is 11.8. The lowest BCUT2D eigenvalue weighted by Crippen LogP contribution is -2.24. The third-order valence-corrected chi connectivity index (χ3v) is 3.71. The summed E-state index contributed by atoms with van der Waals surface area (Å²) in [6, 6.07) is 11.8. The molecule has 0 heterocycles. The van der Waals surface area contributed by atoms with E-state index >= 15 is 0 Å². The van der Waals surface area contributed by atoms with Crippen molar-refractivity contribution in [2.45, 2.75) is 0 Å². The summed E-state index contributed by atoms with van der Waals surface area (Å²) in [4.78, 5) is 23.1. The standard InChI is InChI=1S/C18H17BrN2O5/c1-24-16-9-14(19)7-8-15(16)26-11-17(22)21-20-10-12-3-5-13(6-4-12)18(23)25-2/h3-10H,11H2,1-2H3,(H,21,22). The van der Waals surface area contributed by atoms with Crippen LogP contribution in [0, 0.1) is 0 Å². The largest absolute Gasteiger partial charge is 0.493 e. The van der Waals surface area contributed by atoms with Crippen LogP contribution in [0.3, 0.4) is 0 Å². The Labute approximate surface area is 159 Å². The molecule has 0 bridgehead atoms. The molecule has 0 aliphatic carbocycles. The van der Waals surface area contributed by atoms with E-state index in [1.165, 1.54) is 20.4 Å². The van der Waals surface area contributed by atoms with Gasteiger partial charge in [0, 0.05) is 4.47 Å². The lowest BCUT2D eigenvalue weighted by molar-refractivity contribution is -0.123. The van der Waals surface area contributed by atoms with Crippen LogP contribution in [0.25, 0.3) is 0 Å². The Morgan fingerprint density at radius 2 is 1.85 bits per heavy atom. The second-order valence-electron chi connectivity index (χ2n) is 4.99. The molecule has 0 saturated heterocycles. The Morgan fingerprint density at radius 1 is 1.12 bits per heavy atom. The third-order valence-electron chi connectivity index (χ3n) is 3.22. The number of amides is 1. The zero-order chi connectivity index (χ0) is 18.9. The van der Waals surface area contributed by atoms with Crippen LogP contribution in [-0.2, 0) is 9.53 Å². The van der Waals surface area contributed by atoms with Gasteiger partial charge in [-0.1, -0.05) is 28.1 Å².